The van der Waals surface area contributed by atoms with Gasteiger partial charge < -0.3 is 50.2 Å². The number of nitrogens with one attached hydrogen (secondary N) is 4. The van der Waals surface area contributed by atoms with E-state index in [0.29, 0.717) is 63.0 Å². The van der Waals surface area contributed by atoms with Crippen molar-refractivity contribution in [3.8, 4) is 16.1 Å². The molecule has 5 aromatic rings. The maximum atomic E-state index is 14.0. The van der Waals surface area contributed by atoms with Gasteiger partial charge in [-0.2, -0.15) is 5.10 Å². The maximum absolute atomic E-state index is 14.0. The Morgan fingerprint density at radius 1 is 0.771 bits per heavy atom. The number of aromatic nitrogens is 6. The van der Waals surface area contributed by atoms with E-state index >= 15 is 0 Å². The largest absolute Gasteiger partial charge is 0.391 e. The number of ether oxygens (including phenoxy) is 4. The molecule has 0 unspecified atom stereocenters. The van der Waals surface area contributed by atoms with Crippen molar-refractivity contribution in [3.63, 3.8) is 0 Å². The van der Waals surface area contributed by atoms with E-state index in [-0.39, 0.29) is 80.3 Å². The lowest BCUT2D eigenvalue weighted by atomic mass is 9.53. The zero-order valence-electron chi connectivity index (χ0n) is 49.1. The highest BCUT2D eigenvalue weighted by atomic mass is 32.1. The number of amides is 5. The molecule has 4 saturated carbocycles. The standard InChI is InChI=1S/C61H83N11O10S/c1-39-52(83-38-64-39)44-10-8-40(9-11-44)33-62-57(77)50-29-48(73)37-71(50)58(78)53(59(2,3)4)66-51(74)16-18-79-20-22-81-24-25-82-23-21-80-19-17-70-36-46(68-69-70)34-63-55(75)45-12-14-47(15-13-45)72-54(60(5,6)7)49(35-65-72)56(76)67-61-30-41-26-42(31-61)28-43(27-41)32-61/h8-15,35-36,38,41-43,48,50,53,73H,16-34,37H2,1-7H3,(H,62,77)(H,63,75)(H,66,74)(H,67,76)/t41?,42?,43?,48-,50+,53-,61?/m1/s1. The quantitative estimate of drug-likeness (QED) is 0.0374. The molecule has 3 atom stereocenters. The van der Waals surface area contributed by atoms with Gasteiger partial charge in [0.1, 0.15) is 17.8 Å². The van der Waals surface area contributed by atoms with Gasteiger partial charge in [0.25, 0.3) is 11.8 Å². The number of benzene rings is 2. The fourth-order valence-electron chi connectivity index (χ4n) is 12.7. The summed E-state index contributed by atoms with van der Waals surface area (Å²) < 4.78 is 26.0. The number of β-amino-alcohol motifs (C(OH)–C–C–N with tert-alkyl or cyclic N) is 1. The van der Waals surface area contributed by atoms with Crippen LogP contribution in [0, 0.1) is 30.1 Å². The lowest BCUT2D eigenvalue weighted by molar-refractivity contribution is -0.144. The highest BCUT2D eigenvalue weighted by Gasteiger charge is 2.52. The maximum Gasteiger partial charge on any atom is 0.255 e. The second-order valence-electron chi connectivity index (χ2n) is 25.1. The third-order valence-corrected chi connectivity index (χ3v) is 17.3. The summed E-state index contributed by atoms with van der Waals surface area (Å²) in [5.41, 5.74) is 6.86. The second-order valence-corrected chi connectivity index (χ2v) is 25.9. The van der Waals surface area contributed by atoms with E-state index in [4.69, 9.17) is 24.0 Å². The van der Waals surface area contributed by atoms with Crippen molar-refractivity contribution >= 4 is 40.9 Å². The topological polar surface area (TPSA) is 255 Å². The number of carbonyl (C=O) groups excluding carboxylic acids is 5. The number of aryl methyl sites for hydroxylation is 1. The van der Waals surface area contributed by atoms with E-state index in [1.54, 1.807) is 40.5 Å². The number of hydrogen-bond acceptors (Lipinski definition) is 15. The fraction of sp³-hybridized carbons (Fsp3) is 0.590. The minimum absolute atomic E-state index is 0.0114. The molecule has 21 nitrogen and oxygen atoms in total. The molecule has 22 heteroatoms. The van der Waals surface area contributed by atoms with E-state index in [1.165, 1.54) is 24.2 Å². The first-order chi connectivity index (χ1) is 39.7. The Morgan fingerprint density at radius 3 is 2.00 bits per heavy atom. The summed E-state index contributed by atoms with van der Waals surface area (Å²) in [4.78, 5) is 74.5. The van der Waals surface area contributed by atoms with Crippen molar-refractivity contribution in [1.29, 1.82) is 0 Å². The number of rotatable bonds is 27. The number of aliphatic hydroxyl groups is 1. The predicted molar refractivity (Wildman–Crippen MR) is 311 cm³/mol. The highest BCUT2D eigenvalue weighted by Crippen LogP contribution is 2.55. The molecule has 5 N–H and O–H groups in total. The molecule has 1 saturated heterocycles. The Bertz CT molecular complexity index is 2980. The van der Waals surface area contributed by atoms with Gasteiger partial charge in [0.2, 0.25) is 17.7 Å². The van der Waals surface area contributed by atoms with E-state index in [9.17, 15) is 29.1 Å². The van der Waals surface area contributed by atoms with Gasteiger partial charge in [0, 0.05) is 42.4 Å². The van der Waals surface area contributed by atoms with Gasteiger partial charge in [-0.1, -0.05) is 71.0 Å². The normalized spacial score (nSPS) is 21.5. The molecule has 2 aromatic carbocycles. The van der Waals surface area contributed by atoms with Crippen LogP contribution in [0.5, 0.6) is 0 Å². The highest BCUT2D eigenvalue weighted by molar-refractivity contribution is 7.13. The summed E-state index contributed by atoms with van der Waals surface area (Å²) in [5, 5.41) is 35.9. The van der Waals surface area contributed by atoms with Crippen LogP contribution in [0.3, 0.4) is 0 Å². The Labute approximate surface area is 490 Å². The number of hydrogen-bond donors (Lipinski definition) is 5. The Morgan fingerprint density at radius 2 is 1.40 bits per heavy atom. The van der Waals surface area contributed by atoms with Gasteiger partial charge in [-0.25, -0.2) is 14.3 Å². The molecule has 83 heavy (non-hydrogen) atoms. The van der Waals surface area contributed by atoms with Gasteiger partial charge >= 0.3 is 0 Å². The summed E-state index contributed by atoms with van der Waals surface area (Å²) in [6, 6.07) is 13.3. The first-order valence-electron chi connectivity index (χ1n) is 29.3. The predicted octanol–water partition coefficient (Wildman–Crippen LogP) is 6.09. The van der Waals surface area contributed by atoms with Crippen LogP contribution in [0.15, 0.2) is 66.4 Å². The van der Waals surface area contributed by atoms with Gasteiger partial charge in [-0.3, -0.25) is 24.0 Å². The molecule has 5 aliphatic rings. The Kier molecular flexibility index (Phi) is 19.9. The molecule has 4 heterocycles. The van der Waals surface area contributed by atoms with Gasteiger partial charge in [0.15, 0.2) is 0 Å². The molecule has 0 spiro atoms. The molecule has 10 rings (SSSR count). The van der Waals surface area contributed by atoms with Crippen molar-refractivity contribution in [2.45, 2.75) is 149 Å². The smallest absolute Gasteiger partial charge is 0.255 e. The summed E-state index contributed by atoms with van der Waals surface area (Å²) >= 11 is 1.57. The molecule has 5 fully saturated rings. The van der Waals surface area contributed by atoms with Gasteiger partial charge in [-0.15, -0.1) is 16.4 Å². The van der Waals surface area contributed by atoms with Crippen LogP contribution in [-0.2, 0) is 58.4 Å². The van der Waals surface area contributed by atoms with Crippen LogP contribution in [-0.4, -0.2) is 152 Å². The van der Waals surface area contributed by atoms with E-state index in [0.717, 1.165) is 70.1 Å². The Hall–Kier alpha value is -6.43. The average Bonchev–Trinajstić information content (AvgIpc) is 3.96. The van der Waals surface area contributed by atoms with Crippen LogP contribution < -0.4 is 21.3 Å². The summed E-state index contributed by atoms with van der Waals surface area (Å²) in [6.07, 6.45) is 9.88. The van der Waals surface area contributed by atoms with Gasteiger partial charge in [0.05, 0.1) is 117 Å². The minimum Gasteiger partial charge on any atom is -0.391 e. The summed E-state index contributed by atoms with van der Waals surface area (Å²) in [6.45, 7) is 17.2. The van der Waals surface area contributed by atoms with Crippen molar-refractivity contribution < 1.29 is 48.0 Å². The van der Waals surface area contributed by atoms with Crippen LogP contribution in [0.1, 0.15) is 136 Å². The number of carbonyl (C=O) groups is 5. The number of thiazole rings is 1. The molecule has 448 valence electrons. The first-order valence-corrected chi connectivity index (χ1v) is 30.1. The molecular weight excluding hydrogens is 1080 g/mol. The molecule has 3 aromatic heterocycles. The van der Waals surface area contributed by atoms with Crippen LogP contribution in [0.25, 0.3) is 16.1 Å². The number of nitrogens with zero attached hydrogens (tertiary/aromatic N) is 7. The minimum atomic E-state index is -0.938. The number of likely N-dealkylation sites (tertiary alicyclic amines) is 1. The molecule has 4 bridgehead atoms. The van der Waals surface area contributed by atoms with E-state index in [1.807, 2.05) is 74.3 Å². The summed E-state index contributed by atoms with van der Waals surface area (Å²) in [7, 11) is 0. The van der Waals surface area contributed by atoms with Crippen molar-refractivity contribution in [2.24, 2.45) is 23.2 Å². The average molecular weight is 1160 g/mol. The molecule has 1 aliphatic heterocycles. The zero-order valence-corrected chi connectivity index (χ0v) is 49.9. The van der Waals surface area contributed by atoms with Crippen LogP contribution in [0.4, 0.5) is 0 Å². The third kappa shape index (κ3) is 15.9. The second kappa shape index (κ2) is 27.1. The third-order valence-electron chi connectivity index (χ3n) is 16.3. The van der Waals surface area contributed by atoms with Crippen molar-refractivity contribution in [2.75, 3.05) is 59.4 Å². The monoisotopic (exact) mass is 1160 g/mol. The van der Waals surface area contributed by atoms with Crippen molar-refractivity contribution in [3.05, 3.63) is 100 Å². The Balaban J connectivity index is 0.600. The van der Waals surface area contributed by atoms with Crippen LogP contribution >= 0.6 is 11.3 Å². The molecule has 4 aliphatic carbocycles. The lowest BCUT2D eigenvalue weighted by Gasteiger charge is -2.56. The molecule has 5 amide bonds. The fourth-order valence-corrected chi connectivity index (χ4v) is 13.5. The molecule has 0 radical (unpaired) electrons. The SMILES string of the molecule is Cc1ncsc1-c1ccc(CNC(=O)[C@@H]2C[C@@H](O)CN2C(=O)[C@@H](NC(=O)CCOCCOCCOCCOCCn2cc(CNC(=O)c3ccc(-n4ncc(C(=O)NC56CC7CC(CC(C7)C5)C6)c4C(C)(C)C)cc3)nn2)C(C)(C)C)cc1. The van der Waals surface area contributed by atoms with Crippen LogP contribution in [0.2, 0.25) is 0 Å². The zero-order chi connectivity index (χ0) is 58.9. The van der Waals surface area contributed by atoms with Crippen molar-refractivity contribution in [1.82, 2.24) is 55.9 Å². The van der Waals surface area contributed by atoms with Gasteiger partial charge in [-0.05, 0) is 104 Å². The summed E-state index contributed by atoms with van der Waals surface area (Å²) in [5.74, 6) is 0.721. The first kappa shape index (κ1) is 61.1. The number of aliphatic hydroxyl groups excluding tert-OH is 1. The van der Waals surface area contributed by atoms with E-state index < -0.39 is 29.5 Å². The molecular formula is C61H83N11O10S. The lowest BCUT2D eigenvalue weighted by Crippen LogP contribution is -2.59. The van der Waals surface area contributed by atoms with E-state index in [2.05, 4.69) is 57.3 Å².